The van der Waals surface area contributed by atoms with E-state index in [0.29, 0.717) is 11.8 Å². The fraction of sp³-hybridized carbons (Fsp3) is 0.522. The van der Waals surface area contributed by atoms with E-state index in [4.69, 9.17) is 10.3 Å². The number of rotatable bonds is 7. The molecule has 0 fully saturated rings. The Labute approximate surface area is 187 Å². The van der Waals surface area contributed by atoms with Gasteiger partial charge in [0.1, 0.15) is 0 Å². The second-order valence-electron chi connectivity index (χ2n) is 7.06. The van der Waals surface area contributed by atoms with Crippen molar-refractivity contribution in [3.63, 3.8) is 0 Å². The topological polar surface area (TPSA) is 40.6 Å². The van der Waals surface area contributed by atoms with Gasteiger partial charge in [-0.25, -0.2) is 0 Å². The Balaban J connectivity index is 0. The van der Waals surface area contributed by atoms with Gasteiger partial charge in [-0.15, -0.1) is 17.9 Å². The van der Waals surface area contributed by atoms with Gasteiger partial charge in [-0.2, -0.15) is 7.05 Å². The summed E-state index contributed by atoms with van der Waals surface area (Å²) in [6.45, 7) is 10.5. The van der Waals surface area contributed by atoms with Crippen LogP contribution in [-0.2, 0) is 25.8 Å². The van der Waals surface area contributed by atoms with Crippen LogP contribution in [0.5, 0.6) is 0 Å². The molecule has 0 saturated heterocycles. The van der Waals surface area contributed by atoms with E-state index in [2.05, 4.69) is 57.3 Å². The minimum absolute atomic E-state index is 0. The van der Waals surface area contributed by atoms with E-state index in [1.807, 2.05) is 7.05 Å². The number of likely N-dealkylation sites (N-methyl/N-ethyl adjacent to an activating group) is 1. The molecule has 0 unspecified atom stereocenters. The normalized spacial score (nSPS) is 14.9. The molecular weight excluding hydrogens is 497 g/mol. The molecule has 0 bridgehead atoms. The molecule has 0 radical (unpaired) electrons. The van der Waals surface area contributed by atoms with Crippen molar-refractivity contribution in [1.29, 1.82) is 0 Å². The second kappa shape index (κ2) is 14.3. The van der Waals surface area contributed by atoms with E-state index in [1.54, 1.807) is 0 Å². The van der Waals surface area contributed by atoms with Crippen LogP contribution >= 0.6 is 0 Å². The van der Waals surface area contributed by atoms with Gasteiger partial charge in [0.05, 0.1) is 0 Å². The van der Waals surface area contributed by atoms with Gasteiger partial charge in [0, 0.05) is 38.1 Å². The molecule has 1 aromatic rings. The monoisotopic (exact) mass is 535 g/mol. The van der Waals surface area contributed by atoms with Crippen molar-refractivity contribution in [1.82, 2.24) is 0 Å². The maximum atomic E-state index is 5.12. The number of nitrogens with zero attached hydrogens (tertiary/aromatic N) is 3. The summed E-state index contributed by atoms with van der Waals surface area (Å²) in [7, 11) is 1.84. The Morgan fingerprint density at radius 1 is 1.04 bits per heavy atom. The molecule has 0 aliphatic heterocycles. The van der Waals surface area contributed by atoms with Gasteiger partial charge in [-0.3, -0.25) is 4.99 Å². The molecule has 0 saturated carbocycles. The smallest absolute Gasteiger partial charge is 0.0204 e. The van der Waals surface area contributed by atoms with Gasteiger partial charge in [0.15, 0.2) is 0 Å². The first-order valence-electron chi connectivity index (χ1n) is 9.18. The predicted molar refractivity (Wildman–Crippen MR) is 119 cm³/mol. The van der Waals surface area contributed by atoms with Crippen LogP contribution < -0.4 is 0 Å². The minimum atomic E-state index is 0. The average Bonchev–Trinajstić information content (AvgIpc) is 2.56. The number of benzene rings is 1. The summed E-state index contributed by atoms with van der Waals surface area (Å²) >= 11 is 0. The van der Waals surface area contributed by atoms with E-state index in [9.17, 15) is 0 Å². The third kappa shape index (κ3) is 8.03. The molecule has 0 atom stereocenters. The number of para-hydroxylation sites is 1. The Kier molecular flexibility index (Phi) is 15.1. The fourth-order valence-corrected chi connectivity index (χ4v) is 3.07. The standard InChI is InChI=1S/C21H31N3.2CH3.Hf/c1-15(2)17-9-8-10-18(16(3)4)21(17)24-20-12-7-6-11-19(20)23-14-13-22-5;;;/h8-10,12,15-16H,6-7,11,13-14H2,1-5H3;2*1H3;/q-2;2*-1;. The van der Waals surface area contributed by atoms with Gasteiger partial charge in [-0.05, 0) is 31.1 Å². The van der Waals surface area contributed by atoms with Gasteiger partial charge < -0.3 is 25.5 Å². The van der Waals surface area contributed by atoms with E-state index < -0.39 is 0 Å². The molecule has 1 aromatic carbocycles. The minimum Gasteiger partial charge on any atom is -0.664 e. The second-order valence-corrected chi connectivity index (χ2v) is 7.06. The Morgan fingerprint density at radius 3 is 2.15 bits per heavy atom. The summed E-state index contributed by atoms with van der Waals surface area (Å²) in [5.74, 6) is 0.928. The summed E-state index contributed by atoms with van der Waals surface area (Å²) in [6, 6.07) is 6.59. The fourth-order valence-electron chi connectivity index (χ4n) is 3.07. The van der Waals surface area contributed by atoms with Gasteiger partial charge >= 0.3 is 0 Å². The molecule has 1 aliphatic carbocycles. The number of hydrogen-bond acceptors (Lipinski definition) is 1. The van der Waals surface area contributed by atoms with Gasteiger partial charge in [-0.1, -0.05) is 63.1 Å². The Hall–Kier alpha value is -0.740. The third-order valence-corrected chi connectivity index (χ3v) is 4.45. The van der Waals surface area contributed by atoms with Crippen LogP contribution in [0.25, 0.3) is 10.6 Å². The van der Waals surface area contributed by atoms with Crippen LogP contribution in [-0.4, -0.2) is 25.8 Å². The van der Waals surface area contributed by atoms with E-state index in [-0.39, 0.29) is 40.7 Å². The third-order valence-electron chi connectivity index (χ3n) is 4.45. The first-order chi connectivity index (χ1) is 11.5. The van der Waals surface area contributed by atoms with Crippen LogP contribution in [0.4, 0.5) is 5.69 Å². The van der Waals surface area contributed by atoms with Crippen molar-refractivity contribution < 1.29 is 25.8 Å². The van der Waals surface area contributed by atoms with Crippen LogP contribution in [0.15, 0.2) is 35.0 Å². The molecular formula is C23H37HfN3-4. The predicted octanol–water partition coefficient (Wildman–Crippen LogP) is 7.35. The summed E-state index contributed by atoms with van der Waals surface area (Å²) in [5.41, 5.74) is 6.04. The molecule has 0 amide bonds. The maximum absolute atomic E-state index is 5.12. The van der Waals surface area contributed by atoms with Crippen LogP contribution in [0.2, 0.25) is 0 Å². The molecule has 0 heterocycles. The first-order valence-corrected chi connectivity index (χ1v) is 9.18. The summed E-state index contributed by atoms with van der Waals surface area (Å²) < 4.78 is 0. The Bertz CT molecular complexity index is 577. The quantitative estimate of drug-likeness (QED) is 0.200. The van der Waals surface area contributed by atoms with Crippen LogP contribution in [0, 0.1) is 14.9 Å². The molecule has 3 nitrogen and oxygen atoms in total. The van der Waals surface area contributed by atoms with Crippen molar-refractivity contribution in [2.45, 2.75) is 58.8 Å². The summed E-state index contributed by atoms with van der Waals surface area (Å²) in [4.78, 5) is 4.76. The zero-order chi connectivity index (χ0) is 17.5. The van der Waals surface area contributed by atoms with E-state index >= 15 is 0 Å². The summed E-state index contributed by atoms with van der Waals surface area (Å²) in [6.07, 6.45) is 5.55. The number of aliphatic imine (C=N–C) groups is 1. The van der Waals surface area contributed by atoms with Gasteiger partial charge in [0.25, 0.3) is 0 Å². The number of hydrogen-bond donors (Lipinski definition) is 0. The SMILES string of the molecule is C[N-]CCN=C1CCCC=C1[N-]c1c(C(C)C)cccc1C(C)C.[CH3-].[CH3-].[Hf]. The molecule has 0 spiro atoms. The molecule has 0 N–H and O–H groups in total. The maximum Gasteiger partial charge on any atom is 0.0204 e. The molecule has 0 aromatic heterocycles. The van der Waals surface area contributed by atoms with E-state index in [1.165, 1.54) is 17.5 Å². The average molecular weight is 534 g/mol. The van der Waals surface area contributed by atoms with Crippen LogP contribution in [0.1, 0.15) is 69.9 Å². The first kappa shape index (κ1) is 28.5. The molecule has 4 heteroatoms. The molecule has 152 valence electrons. The van der Waals surface area contributed by atoms with Crippen molar-refractivity contribution in [2.24, 2.45) is 4.99 Å². The van der Waals surface area contributed by atoms with Crippen molar-refractivity contribution >= 4 is 11.4 Å². The van der Waals surface area contributed by atoms with Gasteiger partial charge in [0.2, 0.25) is 0 Å². The van der Waals surface area contributed by atoms with Crippen molar-refractivity contribution in [3.8, 4) is 0 Å². The van der Waals surface area contributed by atoms with E-state index in [0.717, 1.165) is 43.0 Å². The zero-order valence-corrected chi connectivity index (χ0v) is 21.9. The summed E-state index contributed by atoms with van der Waals surface area (Å²) in [5, 5.41) is 9.27. The largest absolute Gasteiger partial charge is 0.664 e. The zero-order valence-electron chi connectivity index (χ0n) is 18.3. The molecule has 27 heavy (non-hydrogen) atoms. The van der Waals surface area contributed by atoms with Crippen molar-refractivity contribution in [3.05, 3.63) is 66.6 Å². The molecule has 1 aliphatic rings. The van der Waals surface area contributed by atoms with Crippen molar-refractivity contribution in [2.75, 3.05) is 20.1 Å². The molecule has 2 rings (SSSR count). The number of allylic oxidation sites excluding steroid dienone is 2. The van der Waals surface area contributed by atoms with Crippen LogP contribution in [0.3, 0.4) is 0 Å². The Morgan fingerprint density at radius 2 is 1.63 bits per heavy atom.